The van der Waals surface area contributed by atoms with Gasteiger partial charge < -0.3 is 15.7 Å². The molecule has 0 aliphatic heterocycles. The Morgan fingerprint density at radius 1 is 0.864 bits per heavy atom. The Balaban J connectivity index is 1.73. The van der Waals surface area contributed by atoms with Gasteiger partial charge in [0.25, 0.3) is 0 Å². The third kappa shape index (κ3) is 3.01. The fraction of sp³-hybridized carbons (Fsp3) is 0.0556. The van der Waals surface area contributed by atoms with Crippen LogP contribution in [0, 0.1) is 0 Å². The number of rotatable bonds is 3. The zero-order chi connectivity index (χ0) is 15.4. The van der Waals surface area contributed by atoms with E-state index in [2.05, 4.69) is 10.6 Å². The van der Waals surface area contributed by atoms with Gasteiger partial charge in [0.05, 0.1) is 5.69 Å². The molecule has 0 aliphatic carbocycles. The predicted molar refractivity (Wildman–Crippen MR) is 87.9 cm³/mol. The summed E-state index contributed by atoms with van der Waals surface area (Å²) in [6, 6.07) is 20.1. The molecule has 22 heavy (non-hydrogen) atoms. The number of amides is 2. The standard InChI is InChI=1S/C18H16N2O2/c21-17-11-5-8-14-15(17)9-4-10-16(14)20-18(22)19-12-13-6-2-1-3-7-13/h1-11,21H,12H2,(H2,19,20,22). The first-order valence-corrected chi connectivity index (χ1v) is 7.03. The average molecular weight is 292 g/mol. The fourth-order valence-electron chi connectivity index (χ4n) is 2.35. The second-order valence-electron chi connectivity index (χ2n) is 4.97. The number of fused-ring (bicyclic) bond motifs is 1. The summed E-state index contributed by atoms with van der Waals surface area (Å²) in [6.45, 7) is 0.461. The Labute approximate surface area is 128 Å². The Hall–Kier alpha value is -3.01. The van der Waals surface area contributed by atoms with Gasteiger partial charge in [0.1, 0.15) is 5.75 Å². The zero-order valence-electron chi connectivity index (χ0n) is 11.9. The van der Waals surface area contributed by atoms with Crippen LogP contribution < -0.4 is 10.6 Å². The molecule has 3 aromatic rings. The van der Waals surface area contributed by atoms with Crippen molar-refractivity contribution in [3.8, 4) is 5.75 Å². The minimum absolute atomic E-state index is 0.200. The smallest absolute Gasteiger partial charge is 0.319 e. The van der Waals surface area contributed by atoms with Crippen molar-refractivity contribution in [2.45, 2.75) is 6.54 Å². The fourth-order valence-corrected chi connectivity index (χ4v) is 2.35. The molecule has 4 nitrogen and oxygen atoms in total. The van der Waals surface area contributed by atoms with E-state index in [1.807, 2.05) is 48.5 Å². The molecule has 3 rings (SSSR count). The van der Waals surface area contributed by atoms with E-state index < -0.39 is 0 Å². The van der Waals surface area contributed by atoms with Crippen LogP contribution in [-0.2, 0) is 6.54 Å². The van der Waals surface area contributed by atoms with E-state index in [4.69, 9.17) is 0 Å². The summed E-state index contributed by atoms with van der Waals surface area (Å²) in [4.78, 5) is 12.0. The third-order valence-corrected chi connectivity index (χ3v) is 3.44. The predicted octanol–water partition coefficient (Wildman–Crippen LogP) is 3.87. The Morgan fingerprint density at radius 3 is 2.41 bits per heavy atom. The van der Waals surface area contributed by atoms with Crippen molar-refractivity contribution in [3.05, 3.63) is 72.3 Å². The van der Waals surface area contributed by atoms with Crippen LogP contribution in [0.2, 0.25) is 0 Å². The van der Waals surface area contributed by atoms with E-state index in [0.29, 0.717) is 17.6 Å². The van der Waals surface area contributed by atoms with Gasteiger partial charge in [0.2, 0.25) is 0 Å². The molecule has 0 bridgehead atoms. The van der Waals surface area contributed by atoms with Gasteiger partial charge in [0.15, 0.2) is 0 Å². The van der Waals surface area contributed by atoms with Crippen LogP contribution in [0.15, 0.2) is 66.7 Å². The summed E-state index contributed by atoms with van der Waals surface area (Å²) >= 11 is 0. The number of hydrogen-bond acceptors (Lipinski definition) is 2. The maximum atomic E-state index is 12.0. The highest BCUT2D eigenvalue weighted by Crippen LogP contribution is 2.29. The SMILES string of the molecule is O=C(NCc1ccccc1)Nc1cccc2c(O)cccc12. The first-order valence-electron chi connectivity index (χ1n) is 7.03. The van der Waals surface area contributed by atoms with Crippen molar-refractivity contribution in [2.24, 2.45) is 0 Å². The van der Waals surface area contributed by atoms with Crippen LogP contribution in [-0.4, -0.2) is 11.1 Å². The number of hydrogen-bond donors (Lipinski definition) is 3. The van der Waals surface area contributed by atoms with Crippen molar-refractivity contribution in [1.82, 2.24) is 5.32 Å². The summed E-state index contributed by atoms with van der Waals surface area (Å²) in [5, 5.41) is 17.0. The molecule has 0 fully saturated rings. The number of carbonyl (C=O) groups excluding carboxylic acids is 1. The van der Waals surface area contributed by atoms with Crippen LogP contribution in [0.5, 0.6) is 5.75 Å². The molecule has 3 aromatic carbocycles. The average Bonchev–Trinajstić information content (AvgIpc) is 2.55. The van der Waals surface area contributed by atoms with Crippen molar-refractivity contribution >= 4 is 22.5 Å². The van der Waals surface area contributed by atoms with Crippen LogP contribution in [0.3, 0.4) is 0 Å². The Bertz CT molecular complexity index is 801. The van der Waals surface area contributed by atoms with Gasteiger partial charge in [-0.05, 0) is 17.7 Å². The van der Waals surface area contributed by atoms with Gasteiger partial charge in [-0.2, -0.15) is 0 Å². The first kappa shape index (κ1) is 13.9. The minimum atomic E-state index is -0.278. The highest BCUT2D eigenvalue weighted by Gasteiger charge is 2.07. The topological polar surface area (TPSA) is 61.4 Å². The lowest BCUT2D eigenvalue weighted by molar-refractivity contribution is 0.252. The summed E-state index contributed by atoms with van der Waals surface area (Å²) in [5.74, 6) is 0.200. The molecule has 0 unspecified atom stereocenters. The van der Waals surface area contributed by atoms with E-state index in [9.17, 15) is 9.90 Å². The molecule has 110 valence electrons. The van der Waals surface area contributed by atoms with Crippen molar-refractivity contribution in [3.63, 3.8) is 0 Å². The zero-order valence-corrected chi connectivity index (χ0v) is 11.9. The normalized spacial score (nSPS) is 10.4. The summed E-state index contributed by atoms with van der Waals surface area (Å²) < 4.78 is 0. The van der Waals surface area contributed by atoms with Gasteiger partial charge >= 0.3 is 6.03 Å². The van der Waals surface area contributed by atoms with Gasteiger partial charge in [0, 0.05) is 17.3 Å². The highest BCUT2D eigenvalue weighted by atomic mass is 16.3. The molecular weight excluding hydrogens is 276 g/mol. The summed E-state index contributed by atoms with van der Waals surface area (Å²) in [6.07, 6.45) is 0. The van der Waals surface area contributed by atoms with Gasteiger partial charge in [-0.15, -0.1) is 0 Å². The van der Waals surface area contributed by atoms with Crippen molar-refractivity contribution < 1.29 is 9.90 Å². The number of phenolic OH excluding ortho intramolecular Hbond substituents is 1. The molecule has 0 atom stereocenters. The van der Waals surface area contributed by atoms with E-state index in [1.54, 1.807) is 18.2 Å². The van der Waals surface area contributed by atoms with Crippen LogP contribution in [0.1, 0.15) is 5.56 Å². The van der Waals surface area contributed by atoms with Gasteiger partial charge in [-0.25, -0.2) is 4.79 Å². The maximum Gasteiger partial charge on any atom is 0.319 e. The molecular formula is C18H16N2O2. The molecule has 4 heteroatoms. The number of anilines is 1. The second-order valence-corrected chi connectivity index (χ2v) is 4.97. The van der Waals surface area contributed by atoms with Crippen molar-refractivity contribution in [1.29, 1.82) is 0 Å². The number of nitrogens with one attached hydrogen (secondary N) is 2. The Kier molecular flexibility index (Phi) is 3.92. The number of carbonyl (C=O) groups is 1. The molecule has 2 amide bonds. The monoisotopic (exact) mass is 292 g/mol. The van der Waals surface area contributed by atoms with Crippen molar-refractivity contribution in [2.75, 3.05) is 5.32 Å². The van der Waals surface area contributed by atoms with Crippen LogP contribution in [0.25, 0.3) is 10.8 Å². The van der Waals surface area contributed by atoms with Crippen LogP contribution >= 0.6 is 0 Å². The largest absolute Gasteiger partial charge is 0.507 e. The van der Waals surface area contributed by atoms with E-state index >= 15 is 0 Å². The molecule has 0 heterocycles. The van der Waals surface area contributed by atoms with E-state index in [-0.39, 0.29) is 11.8 Å². The summed E-state index contributed by atoms with van der Waals surface area (Å²) in [7, 11) is 0. The number of benzene rings is 3. The lowest BCUT2D eigenvalue weighted by atomic mass is 10.1. The summed E-state index contributed by atoms with van der Waals surface area (Å²) in [5.41, 5.74) is 1.70. The highest BCUT2D eigenvalue weighted by molar-refractivity contribution is 6.03. The maximum absolute atomic E-state index is 12.0. The number of urea groups is 1. The van der Waals surface area contributed by atoms with Crippen LogP contribution in [0.4, 0.5) is 10.5 Å². The molecule has 0 aliphatic rings. The molecule has 0 radical (unpaired) electrons. The van der Waals surface area contributed by atoms with E-state index in [0.717, 1.165) is 10.9 Å². The lowest BCUT2D eigenvalue weighted by Crippen LogP contribution is -2.28. The van der Waals surface area contributed by atoms with Gasteiger partial charge in [-0.1, -0.05) is 54.6 Å². The minimum Gasteiger partial charge on any atom is -0.507 e. The third-order valence-electron chi connectivity index (χ3n) is 3.44. The molecule has 0 spiro atoms. The molecule has 0 saturated carbocycles. The second kappa shape index (κ2) is 6.18. The van der Waals surface area contributed by atoms with E-state index in [1.165, 1.54) is 0 Å². The molecule has 0 saturated heterocycles. The van der Waals surface area contributed by atoms with Gasteiger partial charge in [-0.3, -0.25) is 0 Å². The Morgan fingerprint density at radius 2 is 1.59 bits per heavy atom. The lowest BCUT2D eigenvalue weighted by Gasteiger charge is -2.11. The molecule has 0 aromatic heterocycles. The number of phenols is 1. The quantitative estimate of drug-likeness (QED) is 0.686. The first-order chi connectivity index (χ1) is 10.7. The number of aromatic hydroxyl groups is 1. The molecule has 3 N–H and O–H groups in total.